The second kappa shape index (κ2) is 18.7. The zero-order chi connectivity index (χ0) is 25.4. The van der Waals surface area contributed by atoms with E-state index in [-0.39, 0.29) is 24.9 Å². The van der Waals surface area contributed by atoms with Gasteiger partial charge >= 0.3 is 0 Å². The first kappa shape index (κ1) is 31.7. The Morgan fingerprint density at radius 1 is 0.943 bits per heavy atom. The molecule has 2 aliphatic rings. The topological polar surface area (TPSA) is 79.7 Å². The fraction of sp³-hybridized carbons (Fsp3) is 1.00. The van der Waals surface area contributed by atoms with Crippen LogP contribution in [0.5, 0.6) is 0 Å². The molecule has 35 heavy (non-hydrogen) atoms. The highest BCUT2D eigenvalue weighted by atomic mass is 28.3. The maximum Gasteiger partial charge on any atom is 0.180 e. The van der Waals surface area contributed by atoms with Crippen molar-refractivity contribution in [2.24, 2.45) is 34.6 Å². The molecule has 0 aromatic carbocycles. The minimum absolute atomic E-state index is 0.290. The van der Waals surface area contributed by atoms with Gasteiger partial charge in [0.2, 0.25) is 0 Å². The van der Waals surface area contributed by atoms with Gasteiger partial charge in [0, 0.05) is 19.8 Å². The first-order valence-electron chi connectivity index (χ1n) is 15.3. The average molecular weight is 545 g/mol. The molecule has 5 unspecified atom stereocenters. The highest BCUT2D eigenvalue weighted by Crippen LogP contribution is 2.55. The number of hydrogen-bond donors (Lipinski definition) is 2. The fourth-order valence-electron chi connectivity index (χ4n) is 7.41. The summed E-state index contributed by atoms with van der Waals surface area (Å²) >= 11 is 0. The lowest BCUT2D eigenvalue weighted by molar-refractivity contribution is 0.0474. The monoisotopic (exact) mass is 544 g/mol. The minimum atomic E-state index is -1.17. The van der Waals surface area contributed by atoms with E-state index in [9.17, 15) is 0 Å². The molecule has 0 spiro atoms. The summed E-state index contributed by atoms with van der Waals surface area (Å²) < 4.78 is 18.1. The molecule has 5 nitrogen and oxygen atoms in total. The quantitative estimate of drug-likeness (QED) is 0.177. The molecule has 4 N–H and O–H groups in total. The zero-order valence-corrected chi connectivity index (χ0v) is 27.6. The lowest BCUT2D eigenvalue weighted by Gasteiger charge is -2.50. The smallest absolute Gasteiger partial charge is 0.180 e. The first-order valence-corrected chi connectivity index (χ1v) is 20.4. The van der Waals surface area contributed by atoms with E-state index in [0.29, 0.717) is 5.92 Å². The molecular formula is C27H60N2O3Si3. The highest BCUT2D eigenvalue weighted by molar-refractivity contribution is 6.54. The van der Waals surface area contributed by atoms with Crippen LogP contribution in [0.25, 0.3) is 0 Å². The molecule has 0 amide bonds. The number of nitrogens with two attached hydrogens (primary N) is 2. The van der Waals surface area contributed by atoms with Gasteiger partial charge in [0.15, 0.2) is 28.6 Å². The van der Waals surface area contributed by atoms with Crippen molar-refractivity contribution in [3.63, 3.8) is 0 Å². The largest absolute Gasteiger partial charge is 0.424 e. The van der Waals surface area contributed by atoms with E-state index in [1.54, 1.807) is 0 Å². The predicted octanol–water partition coefficient (Wildman–Crippen LogP) is 4.26. The summed E-state index contributed by atoms with van der Waals surface area (Å²) in [5, 5.41) is 0. The van der Waals surface area contributed by atoms with E-state index in [4.69, 9.17) is 24.7 Å². The molecule has 208 valence electrons. The van der Waals surface area contributed by atoms with Crippen LogP contribution in [0.4, 0.5) is 0 Å². The Morgan fingerprint density at radius 2 is 1.63 bits per heavy atom. The predicted molar refractivity (Wildman–Crippen MR) is 159 cm³/mol. The van der Waals surface area contributed by atoms with Crippen LogP contribution in [0.15, 0.2) is 0 Å². The van der Waals surface area contributed by atoms with Gasteiger partial charge in [-0.2, -0.15) is 0 Å². The molecule has 2 fully saturated rings. The van der Waals surface area contributed by atoms with Crippen molar-refractivity contribution < 1.29 is 13.3 Å². The van der Waals surface area contributed by atoms with Gasteiger partial charge in [-0.15, -0.1) is 0 Å². The van der Waals surface area contributed by atoms with Gasteiger partial charge in [-0.05, 0) is 106 Å². The van der Waals surface area contributed by atoms with Crippen LogP contribution in [-0.2, 0) is 13.3 Å². The lowest BCUT2D eigenvalue weighted by Crippen LogP contribution is -2.47. The molecule has 1 saturated heterocycles. The van der Waals surface area contributed by atoms with Crippen molar-refractivity contribution in [2.75, 3.05) is 32.9 Å². The third-order valence-corrected chi connectivity index (χ3v) is 15.7. The zero-order valence-electron chi connectivity index (χ0n) is 23.6. The van der Waals surface area contributed by atoms with E-state index in [2.05, 4.69) is 20.8 Å². The van der Waals surface area contributed by atoms with Crippen LogP contribution in [0.3, 0.4) is 0 Å². The summed E-state index contributed by atoms with van der Waals surface area (Å²) in [5.41, 5.74) is 14.1. The minimum Gasteiger partial charge on any atom is -0.424 e. The average Bonchev–Trinajstić information content (AvgIpc) is 3.34. The maximum absolute atomic E-state index is 6.74. The van der Waals surface area contributed by atoms with Crippen molar-refractivity contribution in [3.05, 3.63) is 0 Å². The number of rotatable bonds is 20. The molecular weight excluding hydrogens is 485 g/mol. The Labute approximate surface area is 224 Å². The molecule has 0 aromatic rings. The van der Waals surface area contributed by atoms with Gasteiger partial charge < -0.3 is 24.7 Å². The highest BCUT2D eigenvalue weighted by Gasteiger charge is 2.49. The van der Waals surface area contributed by atoms with Gasteiger partial charge in [0.25, 0.3) is 0 Å². The van der Waals surface area contributed by atoms with Gasteiger partial charge in [-0.25, -0.2) is 0 Å². The second-order valence-electron chi connectivity index (χ2n) is 11.4. The van der Waals surface area contributed by atoms with E-state index < -0.39 is 9.04 Å². The standard InChI is InChI=1S/C27H60N2O3Si3/c1-4-30-33-16-8-12-23(13-9-17-34-31-5-2)19-25(26-14-10-18-35(26)32-6-3)27(22-29)15-7-11-24(20-27)21-28/h23-26,35H,4-22,28-29,33-34H2,1-3H3. The summed E-state index contributed by atoms with van der Waals surface area (Å²) in [4.78, 5) is 0. The van der Waals surface area contributed by atoms with Crippen molar-refractivity contribution in [3.8, 4) is 0 Å². The lowest BCUT2D eigenvalue weighted by atomic mass is 9.59. The van der Waals surface area contributed by atoms with Crippen molar-refractivity contribution >= 4 is 28.6 Å². The molecule has 1 heterocycles. The summed E-state index contributed by atoms with van der Waals surface area (Å²) in [6.07, 6.45) is 14.8. The maximum atomic E-state index is 6.74. The molecule has 2 rings (SSSR count). The van der Waals surface area contributed by atoms with Gasteiger partial charge in [-0.1, -0.05) is 44.9 Å². The molecule has 8 heteroatoms. The van der Waals surface area contributed by atoms with Crippen LogP contribution in [-0.4, -0.2) is 61.5 Å². The molecule has 1 saturated carbocycles. The third-order valence-electron chi connectivity index (χ3n) is 9.21. The Kier molecular flexibility index (Phi) is 16.9. The summed E-state index contributed by atoms with van der Waals surface area (Å²) in [5.74, 6) is 2.23. The molecule has 0 bridgehead atoms. The normalized spacial score (nSPS) is 29.6. The Balaban J connectivity index is 2.18. The van der Waals surface area contributed by atoms with E-state index in [0.717, 1.165) is 50.3 Å². The molecule has 5 atom stereocenters. The van der Waals surface area contributed by atoms with Crippen molar-refractivity contribution in [1.82, 2.24) is 0 Å². The van der Waals surface area contributed by atoms with E-state index in [1.807, 2.05) is 0 Å². The first-order chi connectivity index (χ1) is 17.1. The van der Waals surface area contributed by atoms with Crippen LogP contribution in [0.1, 0.15) is 91.4 Å². The Bertz CT molecular complexity index is 520. The van der Waals surface area contributed by atoms with Crippen molar-refractivity contribution in [2.45, 2.75) is 115 Å². The van der Waals surface area contributed by atoms with Gasteiger partial charge in [0.1, 0.15) is 0 Å². The summed E-state index contributed by atoms with van der Waals surface area (Å²) in [7, 11) is -1.82. The summed E-state index contributed by atoms with van der Waals surface area (Å²) in [6.45, 7) is 10.8. The van der Waals surface area contributed by atoms with E-state index in [1.165, 1.54) is 88.8 Å². The number of hydrogen-bond acceptors (Lipinski definition) is 5. The fourth-order valence-corrected chi connectivity index (χ4v) is 13.0. The molecule has 1 aliphatic heterocycles. The molecule has 0 aromatic heterocycles. The third kappa shape index (κ3) is 10.6. The Hall–Kier alpha value is 0.451. The molecule has 0 radical (unpaired) electrons. The van der Waals surface area contributed by atoms with Crippen molar-refractivity contribution in [1.29, 1.82) is 0 Å². The van der Waals surface area contributed by atoms with Crippen LogP contribution >= 0.6 is 0 Å². The van der Waals surface area contributed by atoms with Gasteiger partial charge in [0.05, 0.1) is 0 Å². The second-order valence-corrected chi connectivity index (χ2v) is 17.3. The van der Waals surface area contributed by atoms with Gasteiger partial charge in [-0.3, -0.25) is 0 Å². The van der Waals surface area contributed by atoms with Crippen LogP contribution in [0.2, 0.25) is 23.7 Å². The molecule has 1 aliphatic carbocycles. The van der Waals surface area contributed by atoms with Crippen LogP contribution < -0.4 is 11.5 Å². The summed E-state index contributed by atoms with van der Waals surface area (Å²) in [6, 6.07) is 4.04. The Morgan fingerprint density at radius 3 is 2.20 bits per heavy atom. The van der Waals surface area contributed by atoms with Crippen LogP contribution in [0, 0.1) is 23.2 Å². The van der Waals surface area contributed by atoms with E-state index >= 15 is 0 Å². The SMILES string of the molecule is CCO[SiH2]CCCC(CCC[SiH2]OCC)CC(C1CCC[SiH]1OCC)C1(CN)CCCC(CN)C1.